The van der Waals surface area contributed by atoms with E-state index in [9.17, 15) is 9.59 Å². The van der Waals surface area contributed by atoms with Gasteiger partial charge < -0.3 is 15.4 Å². The molecule has 0 saturated carbocycles. The molecule has 0 aliphatic carbocycles. The summed E-state index contributed by atoms with van der Waals surface area (Å²) in [4.78, 5) is 24.6. The van der Waals surface area contributed by atoms with Crippen LogP contribution < -0.4 is 20.7 Å². The van der Waals surface area contributed by atoms with Crippen LogP contribution in [0.3, 0.4) is 0 Å². The summed E-state index contributed by atoms with van der Waals surface area (Å²) in [6.07, 6.45) is 0. The second-order valence-corrected chi connectivity index (χ2v) is 7.02. The second kappa shape index (κ2) is 10.9. The van der Waals surface area contributed by atoms with Crippen molar-refractivity contribution in [2.75, 3.05) is 11.9 Å². The van der Waals surface area contributed by atoms with Crippen LogP contribution in [-0.2, 0) is 6.54 Å². The quantitative estimate of drug-likeness (QED) is 0.488. The topological polar surface area (TPSA) is 79.5 Å². The van der Waals surface area contributed by atoms with E-state index in [4.69, 9.17) is 17.0 Å². The Kier molecular flexibility index (Phi) is 7.73. The maximum absolute atomic E-state index is 12.3. The highest BCUT2D eigenvalue weighted by Crippen LogP contribution is 2.13. The van der Waals surface area contributed by atoms with Gasteiger partial charge in [-0.15, -0.1) is 0 Å². The van der Waals surface area contributed by atoms with Gasteiger partial charge in [0, 0.05) is 23.4 Å². The molecule has 31 heavy (non-hydrogen) atoms. The first-order chi connectivity index (χ1) is 15.0. The third-order valence-corrected chi connectivity index (χ3v) is 4.56. The van der Waals surface area contributed by atoms with Gasteiger partial charge in [0.25, 0.3) is 11.8 Å². The van der Waals surface area contributed by atoms with Crippen molar-refractivity contribution in [3.63, 3.8) is 0 Å². The van der Waals surface area contributed by atoms with Gasteiger partial charge in [0.05, 0.1) is 6.61 Å². The van der Waals surface area contributed by atoms with Crippen molar-refractivity contribution >= 4 is 34.8 Å². The van der Waals surface area contributed by atoms with Gasteiger partial charge >= 0.3 is 0 Å². The fraction of sp³-hybridized carbons (Fsp3) is 0.125. The number of amides is 2. The van der Waals surface area contributed by atoms with E-state index in [1.54, 1.807) is 48.5 Å². The molecule has 0 aliphatic rings. The number of hydrogen-bond donors (Lipinski definition) is 3. The number of thiocarbonyl (C=S) groups is 1. The second-order valence-electron chi connectivity index (χ2n) is 6.61. The van der Waals surface area contributed by atoms with Crippen LogP contribution in [0.25, 0.3) is 0 Å². The van der Waals surface area contributed by atoms with E-state index in [1.165, 1.54) is 0 Å². The number of rotatable bonds is 7. The Balaban J connectivity index is 1.50. The minimum absolute atomic E-state index is 0.165. The van der Waals surface area contributed by atoms with Crippen molar-refractivity contribution in [1.82, 2.24) is 10.6 Å². The van der Waals surface area contributed by atoms with E-state index < -0.39 is 0 Å². The Bertz CT molecular complexity index is 1040. The maximum Gasteiger partial charge on any atom is 0.257 e. The molecule has 0 atom stereocenters. The van der Waals surface area contributed by atoms with Gasteiger partial charge in [-0.3, -0.25) is 14.9 Å². The largest absolute Gasteiger partial charge is 0.494 e. The van der Waals surface area contributed by atoms with Crippen LogP contribution in [0.2, 0.25) is 0 Å². The Morgan fingerprint density at radius 3 is 2.10 bits per heavy atom. The summed E-state index contributed by atoms with van der Waals surface area (Å²) in [5, 5.41) is 8.62. The highest BCUT2D eigenvalue weighted by Gasteiger charge is 2.09. The summed E-state index contributed by atoms with van der Waals surface area (Å²) >= 11 is 5.21. The molecule has 0 bridgehead atoms. The van der Waals surface area contributed by atoms with Crippen LogP contribution >= 0.6 is 12.2 Å². The van der Waals surface area contributed by atoms with Crippen molar-refractivity contribution in [1.29, 1.82) is 0 Å². The van der Waals surface area contributed by atoms with Gasteiger partial charge in [0.2, 0.25) is 0 Å². The van der Waals surface area contributed by atoms with Crippen LogP contribution in [0, 0.1) is 0 Å². The Morgan fingerprint density at radius 1 is 0.839 bits per heavy atom. The minimum Gasteiger partial charge on any atom is -0.494 e. The Hall–Kier alpha value is -3.71. The fourth-order valence-electron chi connectivity index (χ4n) is 2.79. The number of anilines is 1. The molecule has 3 aromatic carbocycles. The zero-order valence-corrected chi connectivity index (χ0v) is 17.9. The maximum atomic E-state index is 12.3. The normalized spacial score (nSPS) is 10.1. The summed E-state index contributed by atoms with van der Waals surface area (Å²) in [6, 6.07) is 23.4. The minimum atomic E-state index is -0.322. The number of hydrogen-bond acceptors (Lipinski definition) is 4. The lowest BCUT2D eigenvalue weighted by Crippen LogP contribution is -2.34. The molecule has 7 heteroatoms. The van der Waals surface area contributed by atoms with E-state index in [2.05, 4.69) is 16.0 Å². The standard InChI is InChI=1S/C24H23N3O3S/c1-2-30-21-14-10-19(11-15-21)23(29)27-24(31)26-20-12-8-18(9-13-20)22(28)25-16-17-6-4-3-5-7-17/h3-15H,2,16H2,1H3,(H,25,28)(H2,26,27,29,31). The number of nitrogens with one attached hydrogen (secondary N) is 3. The van der Waals surface area contributed by atoms with Crippen molar-refractivity contribution in [3.8, 4) is 5.75 Å². The molecular formula is C24H23N3O3S. The molecule has 3 rings (SSSR count). The van der Waals surface area contributed by atoms with Crippen molar-refractivity contribution in [2.24, 2.45) is 0 Å². The molecule has 6 nitrogen and oxygen atoms in total. The molecule has 0 aliphatic heterocycles. The smallest absolute Gasteiger partial charge is 0.257 e. The van der Waals surface area contributed by atoms with E-state index >= 15 is 0 Å². The molecule has 2 amide bonds. The lowest BCUT2D eigenvalue weighted by atomic mass is 10.1. The van der Waals surface area contributed by atoms with E-state index in [-0.39, 0.29) is 16.9 Å². The monoisotopic (exact) mass is 433 g/mol. The molecule has 0 unspecified atom stereocenters. The number of benzene rings is 3. The van der Waals surface area contributed by atoms with E-state index in [0.29, 0.717) is 35.7 Å². The van der Waals surface area contributed by atoms with Crippen molar-refractivity contribution in [3.05, 3.63) is 95.6 Å². The fourth-order valence-corrected chi connectivity index (χ4v) is 3.00. The molecule has 158 valence electrons. The predicted molar refractivity (Wildman–Crippen MR) is 125 cm³/mol. The Morgan fingerprint density at radius 2 is 1.45 bits per heavy atom. The SMILES string of the molecule is CCOc1ccc(C(=O)NC(=S)Nc2ccc(C(=O)NCc3ccccc3)cc2)cc1. The van der Waals surface area contributed by atoms with Crippen LogP contribution in [0.1, 0.15) is 33.2 Å². The molecule has 3 N–H and O–H groups in total. The number of carbonyl (C=O) groups is 2. The zero-order chi connectivity index (χ0) is 22.1. The third kappa shape index (κ3) is 6.65. The van der Waals surface area contributed by atoms with Crippen molar-refractivity contribution < 1.29 is 14.3 Å². The van der Waals surface area contributed by atoms with Gasteiger partial charge in [0.15, 0.2) is 5.11 Å². The highest BCUT2D eigenvalue weighted by molar-refractivity contribution is 7.80. The van der Waals surface area contributed by atoms with Crippen LogP contribution in [0.4, 0.5) is 5.69 Å². The molecule has 0 fully saturated rings. The molecule has 0 saturated heterocycles. The summed E-state index contributed by atoms with van der Waals surface area (Å²) < 4.78 is 5.37. The predicted octanol–water partition coefficient (Wildman–Crippen LogP) is 4.14. The van der Waals surface area contributed by atoms with Crippen LogP contribution in [0.5, 0.6) is 5.75 Å². The molecule has 0 heterocycles. The van der Waals surface area contributed by atoms with Gasteiger partial charge in [-0.25, -0.2) is 0 Å². The van der Waals surface area contributed by atoms with Crippen LogP contribution in [-0.4, -0.2) is 23.5 Å². The summed E-state index contributed by atoms with van der Waals surface area (Å²) in [5.74, 6) is 0.215. The average molecular weight is 434 g/mol. The summed E-state index contributed by atoms with van der Waals surface area (Å²) in [7, 11) is 0. The molecular weight excluding hydrogens is 410 g/mol. The number of carbonyl (C=O) groups excluding carboxylic acids is 2. The lowest BCUT2D eigenvalue weighted by Gasteiger charge is -2.11. The van der Waals surface area contributed by atoms with E-state index in [1.807, 2.05) is 37.3 Å². The van der Waals surface area contributed by atoms with Gasteiger partial charge in [0.1, 0.15) is 5.75 Å². The molecule has 0 spiro atoms. The van der Waals surface area contributed by atoms with Gasteiger partial charge in [-0.05, 0) is 73.2 Å². The first-order valence-corrected chi connectivity index (χ1v) is 10.2. The zero-order valence-electron chi connectivity index (χ0n) is 17.1. The first-order valence-electron chi connectivity index (χ1n) is 9.82. The Labute approximate surface area is 186 Å². The third-order valence-electron chi connectivity index (χ3n) is 4.36. The van der Waals surface area contributed by atoms with Gasteiger partial charge in [-0.2, -0.15) is 0 Å². The molecule has 0 radical (unpaired) electrons. The highest BCUT2D eigenvalue weighted by atomic mass is 32.1. The molecule has 0 aromatic heterocycles. The number of ether oxygens (including phenoxy) is 1. The summed E-state index contributed by atoms with van der Waals surface area (Å²) in [6.45, 7) is 2.92. The first kappa shape index (κ1) is 22.0. The van der Waals surface area contributed by atoms with Crippen molar-refractivity contribution in [2.45, 2.75) is 13.5 Å². The molecule has 3 aromatic rings. The lowest BCUT2D eigenvalue weighted by molar-refractivity contribution is 0.0948. The van der Waals surface area contributed by atoms with Gasteiger partial charge in [-0.1, -0.05) is 30.3 Å². The van der Waals surface area contributed by atoms with Crippen LogP contribution in [0.15, 0.2) is 78.9 Å². The van der Waals surface area contributed by atoms with E-state index in [0.717, 1.165) is 5.56 Å². The average Bonchev–Trinajstić information content (AvgIpc) is 2.79. The summed E-state index contributed by atoms with van der Waals surface area (Å²) in [5.41, 5.74) is 2.70.